The summed E-state index contributed by atoms with van der Waals surface area (Å²) in [6.45, 7) is 2.43. The van der Waals surface area contributed by atoms with E-state index >= 15 is 0 Å². The predicted molar refractivity (Wildman–Crippen MR) is 75.6 cm³/mol. The molecule has 1 aromatic carbocycles. The molecule has 0 saturated carbocycles. The average Bonchev–Trinajstić information content (AvgIpc) is 2.76. The van der Waals surface area contributed by atoms with Gasteiger partial charge in [0, 0.05) is 5.02 Å². The zero-order chi connectivity index (χ0) is 13.4. The number of hydrogen-bond donors (Lipinski definition) is 0. The maximum atomic E-state index is 6.08. The number of aryl methyl sites for hydroxylation is 1. The summed E-state index contributed by atoms with van der Waals surface area (Å²) in [4.78, 5) is 8.51. The predicted octanol–water partition coefficient (Wildman–Crippen LogP) is 3.49. The van der Waals surface area contributed by atoms with Gasteiger partial charge in [-0.3, -0.25) is 0 Å². The van der Waals surface area contributed by atoms with Crippen LogP contribution in [0.15, 0.2) is 30.5 Å². The van der Waals surface area contributed by atoms with Gasteiger partial charge in [-0.25, -0.2) is 14.6 Å². The molecular formula is C13H10Cl2N4. The molecule has 0 radical (unpaired) electrons. The molecule has 0 fully saturated rings. The first-order chi connectivity index (χ1) is 9.13. The number of benzene rings is 1. The zero-order valence-electron chi connectivity index (χ0n) is 10.1. The van der Waals surface area contributed by atoms with Crippen molar-refractivity contribution in [3.63, 3.8) is 0 Å². The minimum Gasteiger partial charge on any atom is -0.243 e. The highest BCUT2D eigenvalue weighted by atomic mass is 35.5. The molecule has 0 N–H and O–H groups in total. The Morgan fingerprint density at radius 3 is 2.58 bits per heavy atom. The van der Waals surface area contributed by atoms with Gasteiger partial charge in [0.25, 0.3) is 0 Å². The minimum atomic E-state index is 0.435. The molecule has 3 rings (SSSR count). The molecular weight excluding hydrogens is 283 g/mol. The highest BCUT2D eigenvalue weighted by Gasteiger charge is 2.10. The fourth-order valence-electron chi connectivity index (χ4n) is 1.90. The monoisotopic (exact) mass is 292 g/mol. The van der Waals surface area contributed by atoms with Crippen LogP contribution in [-0.2, 0) is 6.54 Å². The third kappa shape index (κ3) is 2.41. The van der Waals surface area contributed by atoms with Crippen LogP contribution in [0.3, 0.4) is 0 Å². The second-order valence-corrected chi connectivity index (χ2v) is 5.02. The summed E-state index contributed by atoms with van der Waals surface area (Å²) in [5.74, 6) is 0.635. The molecule has 0 amide bonds. The number of rotatable bonds is 2. The average molecular weight is 293 g/mol. The Balaban J connectivity index is 2.03. The Bertz CT molecular complexity index is 734. The van der Waals surface area contributed by atoms with Crippen LogP contribution in [0.25, 0.3) is 11.0 Å². The summed E-state index contributed by atoms with van der Waals surface area (Å²) in [7, 11) is 0. The van der Waals surface area contributed by atoms with Crippen LogP contribution in [0, 0.1) is 6.92 Å². The van der Waals surface area contributed by atoms with E-state index in [1.165, 1.54) is 0 Å². The Kier molecular flexibility index (Phi) is 3.12. The van der Waals surface area contributed by atoms with Crippen LogP contribution in [0.5, 0.6) is 0 Å². The van der Waals surface area contributed by atoms with Crippen LogP contribution in [0.1, 0.15) is 11.4 Å². The summed E-state index contributed by atoms with van der Waals surface area (Å²) < 4.78 is 1.80. The van der Waals surface area contributed by atoms with Crippen molar-refractivity contribution in [3.05, 3.63) is 52.0 Å². The Labute approximate surface area is 120 Å². The first-order valence-corrected chi connectivity index (χ1v) is 6.49. The highest BCUT2D eigenvalue weighted by Crippen LogP contribution is 2.20. The number of nitrogens with zero attached hydrogens (tertiary/aromatic N) is 4. The van der Waals surface area contributed by atoms with Crippen molar-refractivity contribution in [2.45, 2.75) is 13.5 Å². The lowest BCUT2D eigenvalue weighted by Crippen LogP contribution is -2.03. The standard InChI is InChI=1S/C13H10Cl2N4/c1-8-17-12(15)11-6-16-19(13(11)18-8)7-9-2-4-10(14)5-3-9/h2-6H,7H2,1H3. The van der Waals surface area contributed by atoms with E-state index < -0.39 is 0 Å². The normalized spacial score (nSPS) is 11.1. The molecule has 0 bridgehead atoms. The van der Waals surface area contributed by atoms with Crippen molar-refractivity contribution >= 4 is 34.2 Å². The van der Waals surface area contributed by atoms with Crippen molar-refractivity contribution in [1.82, 2.24) is 19.7 Å². The van der Waals surface area contributed by atoms with E-state index in [9.17, 15) is 0 Å². The van der Waals surface area contributed by atoms with Gasteiger partial charge < -0.3 is 0 Å². The lowest BCUT2D eigenvalue weighted by Gasteiger charge is -2.04. The number of halogens is 2. The molecule has 2 heterocycles. The second kappa shape index (κ2) is 4.79. The summed E-state index contributed by atoms with van der Waals surface area (Å²) in [5.41, 5.74) is 1.84. The molecule has 3 aromatic rings. The molecule has 0 aliphatic carbocycles. The zero-order valence-corrected chi connectivity index (χ0v) is 11.7. The van der Waals surface area contributed by atoms with Gasteiger partial charge in [-0.05, 0) is 24.6 Å². The van der Waals surface area contributed by atoms with E-state index in [0.29, 0.717) is 17.5 Å². The van der Waals surface area contributed by atoms with E-state index in [1.54, 1.807) is 10.9 Å². The van der Waals surface area contributed by atoms with Crippen molar-refractivity contribution in [2.24, 2.45) is 0 Å². The third-order valence-electron chi connectivity index (χ3n) is 2.81. The molecule has 0 aliphatic heterocycles. The van der Waals surface area contributed by atoms with E-state index in [0.717, 1.165) is 21.6 Å². The highest BCUT2D eigenvalue weighted by molar-refractivity contribution is 6.33. The molecule has 0 saturated heterocycles. The van der Waals surface area contributed by atoms with Gasteiger partial charge in [-0.2, -0.15) is 5.10 Å². The number of hydrogen-bond acceptors (Lipinski definition) is 3. The van der Waals surface area contributed by atoms with Gasteiger partial charge in [0.05, 0.1) is 18.1 Å². The van der Waals surface area contributed by atoms with E-state index in [4.69, 9.17) is 23.2 Å². The second-order valence-electron chi connectivity index (χ2n) is 4.23. The van der Waals surface area contributed by atoms with E-state index in [-0.39, 0.29) is 0 Å². The lowest BCUT2D eigenvalue weighted by molar-refractivity contribution is 0.702. The summed E-state index contributed by atoms with van der Waals surface area (Å²) in [6.07, 6.45) is 1.69. The molecule has 6 heteroatoms. The van der Waals surface area contributed by atoms with Crippen LogP contribution in [0.4, 0.5) is 0 Å². The summed E-state index contributed by atoms with van der Waals surface area (Å²) >= 11 is 11.9. The Morgan fingerprint density at radius 1 is 1.11 bits per heavy atom. The summed E-state index contributed by atoms with van der Waals surface area (Å²) in [5, 5.41) is 6.23. The lowest BCUT2D eigenvalue weighted by atomic mass is 10.2. The van der Waals surface area contributed by atoms with Crippen LogP contribution in [-0.4, -0.2) is 19.7 Å². The number of aromatic nitrogens is 4. The molecule has 19 heavy (non-hydrogen) atoms. The fourth-order valence-corrected chi connectivity index (χ4v) is 2.28. The first-order valence-electron chi connectivity index (χ1n) is 5.73. The van der Waals surface area contributed by atoms with Gasteiger partial charge in [-0.15, -0.1) is 0 Å². The van der Waals surface area contributed by atoms with Crippen molar-refractivity contribution in [1.29, 1.82) is 0 Å². The molecule has 0 spiro atoms. The quantitative estimate of drug-likeness (QED) is 0.679. The topological polar surface area (TPSA) is 43.6 Å². The number of fused-ring (bicyclic) bond motifs is 1. The van der Waals surface area contributed by atoms with Gasteiger partial charge >= 0.3 is 0 Å². The fraction of sp³-hybridized carbons (Fsp3) is 0.154. The maximum absolute atomic E-state index is 6.08. The minimum absolute atomic E-state index is 0.435. The van der Waals surface area contributed by atoms with Crippen molar-refractivity contribution in [2.75, 3.05) is 0 Å². The van der Waals surface area contributed by atoms with E-state index in [1.807, 2.05) is 31.2 Å². The smallest absolute Gasteiger partial charge is 0.163 e. The third-order valence-corrected chi connectivity index (χ3v) is 3.35. The molecule has 2 aromatic heterocycles. The van der Waals surface area contributed by atoms with Gasteiger partial charge in [0.1, 0.15) is 11.0 Å². The van der Waals surface area contributed by atoms with E-state index in [2.05, 4.69) is 15.1 Å². The van der Waals surface area contributed by atoms with Crippen LogP contribution < -0.4 is 0 Å². The van der Waals surface area contributed by atoms with Gasteiger partial charge in [0.15, 0.2) is 5.65 Å². The van der Waals surface area contributed by atoms with Gasteiger partial charge in [-0.1, -0.05) is 35.3 Å². The van der Waals surface area contributed by atoms with Gasteiger partial charge in [0.2, 0.25) is 0 Å². The largest absolute Gasteiger partial charge is 0.243 e. The first kappa shape index (κ1) is 12.4. The molecule has 0 aliphatic rings. The SMILES string of the molecule is Cc1nc(Cl)c2cnn(Cc3ccc(Cl)cc3)c2n1. The Hall–Kier alpha value is -1.65. The molecule has 4 nitrogen and oxygen atoms in total. The maximum Gasteiger partial charge on any atom is 0.163 e. The molecule has 0 atom stereocenters. The van der Waals surface area contributed by atoms with Crippen LogP contribution >= 0.6 is 23.2 Å². The summed E-state index contributed by atoms with van der Waals surface area (Å²) in [6, 6.07) is 7.64. The van der Waals surface area contributed by atoms with Crippen molar-refractivity contribution < 1.29 is 0 Å². The molecule has 0 unspecified atom stereocenters. The van der Waals surface area contributed by atoms with Crippen LogP contribution in [0.2, 0.25) is 10.2 Å². The Morgan fingerprint density at radius 2 is 1.84 bits per heavy atom. The van der Waals surface area contributed by atoms with Crippen molar-refractivity contribution in [3.8, 4) is 0 Å². The molecule has 96 valence electrons.